The van der Waals surface area contributed by atoms with Gasteiger partial charge in [0, 0.05) is 19.2 Å². The Bertz CT molecular complexity index is 965. The molecule has 3 heterocycles. The number of para-hydroxylation sites is 1. The number of hydrogen-bond donors (Lipinski definition) is 2. The summed E-state index contributed by atoms with van der Waals surface area (Å²) in [4.78, 5) is 11.5. The van der Waals surface area contributed by atoms with Crippen molar-refractivity contribution in [2.45, 2.75) is 26.3 Å². The third kappa shape index (κ3) is 5.48. The molecule has 0 radical (unpaired) electrons. The number of nitrogens with zero attached hydrogens (tertiary/aromatic N) is 3. The molecule has 1 fully saturated rings. The van der Waals surface area contributed by atoms with Crippen molar-refractivity contribution in [3.05, 3.63) is 60.6 Å². The Morgan fingerprint density at radius 2 is 2.10 bits per heavy atom. The maximum atomic E-state index is 5.98. The van der Waals surface area contributed by atoms with Crippen LogP contribution in [0.15, 0.2) is 59.2 Å². The van der Waals surface area contributed by atoms with E-state index in [1.54, 1.807) is 6.26 Å². The number of aromatic nitrogens is 2. The number of thiocarbonyl (C=S) groups is 1. The quantitative estimate of drug-likeness (QED) is 0.558. The van der Waals surface area contributed by atoms with Gasteiger partial charge in [-0.2, -0.15) is 9.97 Å². The minimum absolute atomic E-state index is 0.397. The SMILES string of the molecule is C[C@@H]1CCCN(c2cc(Oc3ccccc3)nc(NC(=S)NCc3ccco3)n2)C1. The second kappa shape index (κ2) is 9.58. The van der Waals surface area contributed by atoms with Gasteiger partial charge in [0.25, 0.3) is 0 Å². The average Bonchev–Trinajstić information content (AvgIpc) is 3.27. The number of anilines is 2. The summed E-state index contributed by atoms with van der Waals surface area (Å²) in [5.74, 6) is 3.84. The zero-order valence-corrected chi connectivity index (χ0v) is 17.7. The fourth-order valence-electron chi connectivity index (χ4n) is 3.42. The summed E-state index contributed by atoms with van der Waals surface area (Å²) in [5, 5.41) is 6.59. The molecule has 7 nitrogen and oxygen atoms in total. The molecule has 2 N–H and O–H groups in total. The van der Waals surface area contributed by atoms with Crippen molar-refractivity contribution in [1.29, 1.82) is 0 Å². The van der Waals surface area contributed by atoms with Crippen LogP contribution >= 0.6 is 12.2 Å². The molecule has 0 unspecified atom stereocenters. The van der Waals surface area contributed by atoms with Crippen LogP contribution in [-0.2, 0) is 6.54 Å². The van der Waals surface area contributed by atoms with Crippen molar-refractivity contribution in [3.8, 4) is 11.6 Å². The third-order valence-electron chi connectivity index (χ3n) is 4.86. The lowest BCUT2D eigenvalue weighted by Crippen LogP contribution is -2.35. The summed E-state index contributed by atoms with van der Waals surface area (Å²) >= 11 is 5.40. The monoisotopic (exact) mass is 423 g/mol. The Kier molecular flexibility index (Phi) is 6.44. The van der Waals surface area contributed by atoms with Crippen molar-refractivity contribution >= 4 is 29.1 Å². The minimum atomic E-state index is 0.397. The van der Waals surface area contributed by atoms with E-state index >= 15 is 0 Å². The Labute approximate surface area is 181 Å². The number of nitrogens with one attached hydrogen (secondary N) is 2. The van der Waals surface area contributed by atoms with Gasteiger partial charge < -0.3 is 24.7 Å². The highest BCUT2D eigenvalue weighted by atomic mass is 32.1. The molecule has 1 aromatic carbocycles. The first-order valence-electron chi connectivity index (χ1n) is 10.1. The van der Waals surface area contributed by atoms with Crippen LogP contribution in [0.2, 0.25) is 0 Å². The summed E-state index contributed by atoms with van der Waals surface area (Å²) in [6, 6.07) is 15.2. The molecule has 0 aliphatic carbocycles. The molecule has 2 aromatic heterocycles. The Morgan fingerprint density at radius 1 is 1.23 bits per heavy atom. The van der Waals surface area contributed by atoms with E-state index in [2.05, 4.69) is 27.4 Å². The standard InChI is InChI=1S/C22H25N5O2S/c1-16-7-5-11-27(15-16)19-13-20(29-17-8-3-2-4-9-17)25-21(24-19)26-22(30)23-14-18-10-6-12-28-18/h2-4,6,8-10,12-13,16H,5,7,11,14-15H2,1H3,(H2,23,24,25,26,30)/t16-/m1/s1. The second-order valence-corrected chi connectivity index (χ2v) is 7.79. The number of rotatable bonds is 6. The summed E-state index contributed by atoms with van der Waals surface area (Å²) in [5.41, 5.74) is 0. The summed E-state index contributed by atoms with van der Waals surface area (Å²) < 4.78 is 11.3. The molecule has 1 atom stereocenters. The normalized spacial score (nSPS) is 16.2. The van der Waals surface area contributed by atoms with Gasteiger partial charge in [-0.1, -0.05) is 25.1 Å². The first-order chi connectivity index (χ1) is 14.7. The number of benzene rings is 1. The van der Waals surface area contributed by atoms with E-state index < -0.39 is 0 Å². The fraction of sp³-hybridized carbons (Fsp3) is 0.318. The summed E-state index contributed by atoms with van der Waals surface area (Å²) in [7, 11) is 0. The molecule has 4 rings (SSSR count). The molecular formula is C22H25N5O2S. The van der Waals surface area contributed by atoms with Gasteiger partial charge in [-0.15, -0.1) is 0 Å². The van der Waals surface area contributed by atoms with Gasteiger partial charge in [0.05, 0.1) is 12.8 Å². The highest BCUT2D eigenvalue weighted by molar-refractivity contribution is 7.80. The van der Waals surface area contributed by atoms with E-state index in [1.807, 2.05) is 48.5 Å². The number of piperidine rings is 1. The van der Waals surface area contributed by atoms with Crippen molar-refractivity contribution in [3.63, 3.8) is 0 Å². The summed E-state index contributed by atoms with van der Waals surface area (Å²) in [6.45, 7) is 4.67. The predicted octanol–water partition coefficient (Wildman–Crippen LogP) is 4.58. The number of furan rings is 1. The summed E-state index contributed by atoms with van der Waals surface area (Å²) in [6.07, 6.45) is 4.01. The highest BCUT2D eigenvalue weighted by Gasteiger charge is 2.20. The molecule has 3 aromatic rings. The van der Waals surface area contributed by atoms with Crippen LogP contribution < -0.4 is 20.3 Å². The lowest BCUT2D eigenvalue weighted by atomic mass is 10.0. The lowest BCUT2D eigenvalue weighted by Gasteiger charge is -2.32. The van der Waals surface area contributed by atoms with Gasteiger partial charge in [-0.3, -0.25) is 0 Å². The van der Waals surface area contributed by atoms with Crippen molar-refractivity contribution in [2.75, 3.05) is 23.3 Å². The molecular weight excluding hydrogens is 398 g/mol. The molecule has 1 aliphatic heterocycles. The van der Waals surface area contributed by atoms with Gasteiger partial charge in [0.15, 0.2) is 5.11 Å². The first-order valence-corrected chi connectivity index (χ1v) is 10.5. The second-order valence-electron chi connectivity index (χ2n) is 7.38. The lowest BCUT2D eigenvalue weighted by molar-refractivity contribution is 0.440. The van der Waals surface area contributed by atoms with E-state index in [-0.39, 0.29) is 0 Å². The predicted molar refractivity (Wildman–Crippen MR) is 121 cm³/mol. The van der Waals surface area contributed by atoms with Crippen molar-refractivity contribution in [1.82, 2.24) is 15.3 Å². The Hall–Kier alpha value is -3.13. The third-order valence-corrected chi connectivity index (χ3v) is 5.11. The molecule has 30 heavy (non-hydrogen) atoms. The molecule has 8 heteroatoms. The van der Waals surface area contributed by atoms with Crippen LogP contribution in [0, 0.1) is 5.92 Å². The van der Waals surface area contributed by atoms with Gasteiger partial charge >= 0.3 is 0 Å². The Morgan fingerprint density at radius 3 is 2.87 bits per heavy atom. The molecule has 1 saturated heterocycles. The maximum Gasteiger partial charge on any atom is 0.234 e. The molecule has 0 bridgehead atoms. The first kappa shape index (κ1) is 20.2. The maximum absolute atomic E-state index is 5.98. The van der Waals surface area contributed by atoms with Crippen LogP contribution in [0.3, 0.4) is 0 Å². The smallest absolute Gasteiger partial charge is 0.234 e. The highest BCUT2D eigenvalue weighted by Crippen LogP contribution is 2.27. The van der Waals surface area contributed by atoms with Crippen LogP contribution in [0.1, 0.15) is 25.5 Å². The van der Waals surface area contributed by atoms with E-state index in [0.29, 0.717) is 29.4 Å². The van der Waals surface area contributed by atoms with E-state index in [1.165, 1.54) is 6.42 Å². The zero-order valence-electron chi connectivity index (χ0n) is 16.9. The van der Waals surface area contributed by atoms with Crippen LogP contribution in [0.25, 0.3) is 0 Å². The van der Waals surface area contributed by atoms with Crippen LogP contribution in [-0.4, -0.2) is 28.2 Å². The van der Waals surface area contributed by atoms with Crippen molar-refractivity contribution < 1.29 is 9.15 Å². The fourth-order valence-corrected chi connectivity index (χ4v) is 3.58. The van der Waals surface area contributed by atoms with Crippen LogP contribution in [0.5, 0.6) is 11.6 Å². The Balaban J connectivity index is 1.52. The zero-order chi connectivity index (χ0) is 20.8. The average molecular weight is 424 g/mol. The van der Waals surface area contributed by atoms with Crippen LogP contribution in [0.4, 0.5) is 11.8 Å². The molecule has 1 aliphatic rings. The van der Waals surface area contributed by atoms with Gasteiger partial charge in [-0.05, 0) is 55.2 Å². The van der Waals surface area contributed by atoms with Gasteiger partial charge in [-0.25, -0.2) is 0 Å². The van der Waals surface area contributed by atoms with Gasteiger partial charge in [0.1, 0.15) is 17.3 Å². The van der Waals surface area contributed by atoms with Gasteiger partial charge in [0.2, 0.25) is 11.8 Å². The van der Waals surface area contributed by atoms with E-state index in [4.69, 9.17) is 26.4 Å². The molecule has 0 spiro atoms. The number of ether oxygens (including phenoxy) is 1. The largest absolute Gasteiger partial charge is 0.467 e. The van der Waals surface area contributed by atoms with E-state index in [9.17, 15) is 0 Å². The van der Waals surface area contributed by atoms with E-state index in [0.717, 1.165) is 36.8 Å². The topological polar surface area (TPSA) is 75.5 Å². The molecule has 0 saturated carbocycles. The molecule has 0 amide bonds. The minimum Gasteiger partial charge on any atom is -0.467 e. The number of hydrogen-bond acceptors (Lipinski definition) is 6. The molecule has 156 valence electrons. The van der Waals surface area contributed by atoms with Crippen molar-refractivity contribution in [2.24, 2.45) is 5.92 Å².